The molecule has 1 aromatic rings. The summed E-state index contributed by atoms with van der Waals surface area (Å²) < 4.78 is 0. The van der Waals surface area contributed by atoms with E-state index in [4.69, 9.17) is 16.7 Å². The van der Waals surface area contributed by atoms with Crippen molar-refractivity contribution in [1.29, 1.82) is 0 Å². The quantitative estimate of drug-likeness (QED) is 0.781. The topological polar surface area (TPSA) is 65.5 Å². The number of pyridine rings is 1. The molecule has 0 saturated carbocycles. The van der Waals surface area contributed by atoms with Gasteiger partial charge in [-0.2, -0.15) is 0 Å². The Morgan fingerprint density at radius 3 is 2.94 bits per heavy atom. The molecule has 2 N–H and O–H groups in total. The summed E-state index contributed by atoms with van der Waals surface area (Å²) >= 11 is 5.86. The highest BCUT2D eigenvalue weighted by Gasteiger charge is 2.13. The Morgan fingerprint density at radius 2 is 2.33 bits per heavy atom. The molecule has 0 aliphatic rings. The van der Waals surface area contributed by atoms with Crippen LogP contribution < -0.4 is 5.32 Å². The third kappa shape index (κ3) is 4.50. The number of amides is 2. The van der Waals surface area contributed by atoms with Gasteiger partial charge in [0.1, 0.15) is 0 Å². The van der Waals surface area contributed by atoms with Crippen molar-refractivity contribution in [2.75, 3.05) is 25.0 Å². The van der Waals surface area contributed by atoms with Crippen molar-refractivity contribution in [2.45, 2.75) is 19.8 Å². The number of carbonyl (C=O) groups excluding carboxylic acids is 1. The molecular weight excluding hydrogens is 254 g/mol. The van der Waals surface area contributed by atoms with E-state index in [1.54, 1.807) is 23.2 Å². The van der Waals surface area contributed by atoms with E-state index in [1.807, 2.05) is 6.92 Å². The highest BCUT2D eigenvalue weighted by molar-refractivity contribution is 6.32. The van der Waals surface area contributed by atoms with E-state index in [0.717, 1.165) is 12.8 Å². The lowest BCUT2D eigenvalue weighted by Crippen LogP contribution is -2.37. The second kappa shape index (κ2) is 7.89. The molecule has 0 aliphatic heterocycles. The Hall–Kier alpha value is -1.33. The zero-order valence-corrected chi connectivity index (χ0v) is 11.2. The number of hydrogen-bond donors (Lipinski definition) is 2. The van der Waals surface area contributed by atoms with Crippen LogP contribution in [0.4, 0.5) is 10.5 Å². The van der Waals surface area contributed by atoms with Gasteiger partial charge in [0.15, 0.2) is 5.15 Å². The fraction of sp³-hybridized carbons (Fsp3) is 0.500. The molecule has 0 aliphatic carbocycles. The van der Waals surface area contributed by atoms with Crippen molar-refractivity contribution in [3.8, 4) is 0 Å². The van der Waals surface area contributed by atoms with Gasteiger partial charge in [-0.3, -0.25) is 0 Å². The number of halogens is 1. The molecule has 0 saturated heterocycles. The Balaban J connectivity index is 2.63. The first kappa shape index (κ1) is 14.7. The van der Waals surface area contributed by atoms with E-state index in [2.05, 4.69) is 10.3 Å². The van der Waals surface area contributed by atoms with Gasteiger partial charge in [-0.1, -0.05) is 24.9 Å². The summed E-state index contributed by atoms with van der Waals surface area (Å²) in [4.78, 5) is 17.4. The fourth-order valence-corrected chi connectivity index (χ4v) is 1.62. The molecule has 1 aromatic heterocycles. The molecule has 6 heteroatoms. The molecule has 0 radical (unpaired) electrons. The maximum Gasteiger partial charge on any atom is 0.322 e. The van der Waals surface area contributed by atoms with Crippen LogP contribution in [-0.4, -0.2) is 40.7 Å². The van der Waals surface area contributed by atoms with Crippen LogP contribution >= 0.6 is 11.6 Å². The van der Waals surface area contributed by atoms with Crippen LogP contribution in [0.1, 0.15) is 19.8 Å². The average Bonchev–Trinajstić information content (AvgIpc) is 2.37. The number of rotatable bonds is 6. The fourth-order valence-electron chi connectivity index (χ4n) is 1.46. The molecule has 0 spiro atoms. The number of nitrogens with one attached hydrogen (secondary N) is 1. The molecule has 2 amide bonds. The van der Waals surface area contributed by atoms with Gasteiger partial charge < -0.3 is 15.3 Å². The Labute approximate surface area is 112 Å². The molecule has 1 heterocycles. The van der Waals surface area contributed by atoms with Crippen LogP contribution in [0.2, 0.25) is 5.15 Å². The molecule has 0 bridgehead atoms. The summed E-state index contributed by atoms with van der Waals surface area (Å²) in [5.41, 5.74) is 0.476. The van der Waals surface area contributed by atoms with Gasteiger partial charge in [0.2, 0.25) is 0 Å². The normalized spacial score (nSPS) is 10.2. The molecule has 100 valence electrons. The largest absolute Gasteiger partial charge is 0.395 e. The SMILES string of the molecule is CCCCN(CCO)C(=O)Nc1cccnc1Cl. The van der Waals surface area contributed by atoms with Gasteiger partial charge in [-0.25, -0.2) is 9.78 Å². The Kier molecular flexibility index (Phi) is 6.46. The average molecular weight is 272 g/mol. The number of anilines is 1. The van der Waals surface area contributed by atoms with E-state index in [1.165, 1.54) is 0 Å². The number of hydrogen-bond acceptors (Lipinski definition) is 3. The van der Waals surface area contributed by atoms with E-state index < -0.39 is 0 Å². The van der Waals surface area contributed by atoms with Crippen LogP contribution in [0.5, 0.6) is 0 Å². The maximum atomic E-state index is 12.0. The Morgan fingerprint density at radius 1 is 1.56 bits per heavy atom. The van der Waals surface area contributed by atoms with E-state index in [9.17, 15) is 4.79 Å². The molecule has 5 nitrogen and oxygen atoms in total. The third-order valence-corrected chi connectivity index (χ3v) is 2.74. The Bertz CT molecular complexity index is 387. The summed E-state index contributed by atoms with van der Waals surface area (Å²) in [6.45, 7) is 2.91. The van der Waals surface area contributed by atoms with Crippen LogP contribution in [0.25, 0.3) is 0 Å². The number of unbranched alkanes of at least 4 members (excludes halogenated alkanes) is 1. The van der Waals surface area contributed by atoms with Crippen LogP contribution in [-0.2, 0) is 0 Å². The van der Waals surface area contributed by atoms with Gasteiger partial charge in [0.25, 0.3) is 0 Å². The van der Waals surface area contributed by atoms with Crippen LogP contribution in [0, 0.1) is 0 Å². The van der Waals surface area contributed by atoms with Gasteiger partial charge in [0.05, 0.1) is 12.3 Å². The van der Waals surface area contributed by atoms with E-state index in [-0.39, 0.29) is 17.8 Å². The monoisotopic (exact) mass is 271 g/mol. The van der Waals surface area contributed by atoms with E-state index >= 15 is 0 Å². The van der Waals surface area contributed by atoms with Crippen molar-refractivity contribution in [1.82, 2.24) is 9.88 Å². The summed E-state index contributed by atoms with van der Waals surface area (Å²) in [6.07, 6.45) is 3.44. The first-order valence-electron chi connectivity index (χ1n) is 5.96. The number of aromatic nitrogens is 1. The third-order valence-electron chi connectivity index (χ3n) is 2.44. The molecule has 0 unspecified atom stereocenters. The number of carbonyl (C=O) groups is 1. The maximum absolute atomic E-state index is 12.0. The molecule has 1 rings (SSSR count). The van der Waals surface area contributed by atoms with Gasteiger partial charge in [0, 0.05) is 19.3 Å². The minimum Gasteiger partial charge on any atom is -0.395 e. The van der Waals surface area contributed by atoms with Gasteiger partial charge >= 0.3 is 6.03 Å². The highest BCUT2D eigenvalue weighted by atomic mass is 35.5. The van der Waals surface area contributed by atoms with Crippen molar-refractivity contribution in [3.05, 3.63) is 23.5 Å². The zero-order chi connectivity index (χ0) is 13.4. The first-order chi connectivity index (χ1) is 8.69. The summed E-state index contributed by atoms with van der Waals surface area (Å²) in [7, 11) is 0. The standard InChI is InChI=1S/C12H18ClN3O2/c1-2-3-7-16(8-9-17)12(18)15-10-5-4-6-14-11(10)13/h4-6,17H,2-3,7-9H2,1H3,(H,15,18). The van der Waals surface area contributed by atoms with Crippen molar-refractivity contribution in [2.24, 2.45) is 0 Å². The second-order valence-corrected chi connectivity index (χ2v) is 4.19. The lowest BCUT2D eigenvalue weighted by Gasteiger charge is -2.22. The summed E-state index contributed by atoms with van der Waals surface area (Å²) in [5.74, 6) is 0. The lowest BCUT2D eigenvalue weighted by molar-refractivity contribution is 0.187. The highest BCUT2D eigenvalue weighted by Crippen LogP contribution is 2.17. The summed E-state index contributed by atoms with van der Waals surface area (Å²) in [6, 6.07) is 3.11. The van der Waals surface area contributed by atoms with Crippen molar-refractivity contribution < 1.29 is 9.90 Å². The summed E-state index contributed by atoms with van der Waals surface area (Å²) in [5, 5.41) is 11.9. The smallest absolute Gasteiger partial charge is 0.322 e. The van der Waals surface area contributed by atoms with Gasteiger partial charge in [-0.15, -0.1) is 0 Å². The van der Waals surface area contributed by atoms with Crippen molar-refractivity contribution in [3.63, 3.8) is 0 Å². The number of nitrogens with zero attached hydrogens (tertiary/aromatic N) is 2. The van der Waals surface area contributed by atoms with Crippen molar-refractivity contribution >= 4 is 23.3 Å². The zero-order valence-electron chi connectivity index (χ0n) is 10.4. The molecule has 0 fully saturated rings. The lowest BCUT2D eigenvalue weighted by atomic mass is 10.3. The molecule has 0 aromatic carbocycles. The van der Waals surface area contributed by atoms with Crippen LogP contribution in [0.15, 0.2) is 18.3 Å². The first-order valence-corrected chi connectivity index (χ1v) is 6.34. The molecular formula is C12H18ClN3O2. The number of aliphatic hydroxyl groups excluding tert-OH is 1. The molecule has 0 atom stereocenters. The van der Waals surface area contributed by atoms with Gasteiger partial charge in [-0.05, 0) is 18.6 Å². The number of urea groups is 1. The molecule has 18 heavy (non-hydrogen) atoms. The minimum atomic E-state index is -0.271. The minimum absolute atomic E-state index is 0.0576. The van der Waals surface area contributed by atoms with E-state index in [0.29, 0.717) is 18.8 Å². The number of aliphatic hydroxyl groups is 1. The predicted octanol–water partition coefficient (Wildman–Crippen LogP) is 2.36. The second-order valence-electron chi connectivity index (χ2n) is 3.84. The van der Waals surface area contributed by atoms with Crippen LogP contribution in [0.3, 0.4) is 0 Å². The predicted molar refractivity (Wildman–Crippen MR) is 71.8 cm³/mol.